The first-order valence-corrected chi connectivity index (χ1v) is 8.77. The fourth-order valence-electron chi connectivity index (χ4n) is 2.85. The van der Waals surface area contributed by atoms with Gasteiger partial charge in [0.05, 0.1) is 12.5 Å². The van der Waals surface area contributed by atoms with Crippen LogP contribution in [0.4, 0.5) is 0 Å². The summed E-state index contributed by atoms with van der Waals surface area (Å²) in [6.45, 7) is 6.48. The molecule has 0 aliphatic heterocycles. The Hall–Kier alpha value is -1.35. The molecule has 1 aliphatic rings. The number of aliphatic hydroxyl groups excluding tert-OH is 1. The Balaban J connectivity index is 2.33. The smallest absolute Gasteiger partial charge is 0.309 e. The second kappa shape index (κ2) is 11.2. The van der Waals surface area contributed by atoms with Gasteiger partial charge in [0, 0.05) is 0 Å². The van der Waals surface area contributed by atoms with E-state index in [1.54, 1.807) is 0 Å². The monoisotopic (exact) mass is 320 g/mol. The minimum absolute atomic E-state index is 0.0238. The highest BCUT2D eigenvalue weighted by Gasteiger charge is 2.23. The van der Waals surface area contributed by atoms with E-state index >= 15 is 0 Å². The molecule has 0 aromatic rings. The molecule has 3 nitrogen and oxygen atoms in total. The molecule has 0 aromatic heterocycles. The summed E-state index contributed by atoms with van der Waals surface area (Å²) in [6, 6.07) is 0. The summed E-state index contributed by atoms with van der Waals surface area (Å²) in [6.07, 6.45) is 13.8. The van der Waals surface area contributed by atoms with Gasteiger partial charge in [-0.05, 0) is 65.7 Å². The van der Waals surface area contributed by atoms with Crippen LogP contribution in [0.3, 0.4) is 0 Å². The van der Waals surface area contributed by atoms with Gasteiger partial charge in [0.1, 0.15) is 6.61 Å². The normalized spacial score (nSPS) is 18.3. The number of ether oxygens (including phenoxy) is 1. The highest BCUT2D eigenvalue weighted by Crippen LogP contribution is 2.28. The first-order valence-electron chi connectivity index (χ1n) is 8.77. The van der Waals surface area contributed by atoms with Gasteiger partial charge in [-0.2, -0.15) is 0 Å². The quantitative estimate of drug-likeness (QED) is 0.494. The van der Waals surface area contributed by atoms with Gasteiger partial charge in [-0.3, -0.25) is 4.79 Å². The largest absolute Gasteiger partial charge is 0.463 e. The number of carbonyl (C=O) groups is 1. The van der Waals surface area contributed by atoms with E-state index in [0.717, 1.165) is 44.9 Å². The van der Waals surface area contributed by atoms with E-state index in [2.05, 4.69) is 39.0 Å². The van der Waals surface area contributed by atoms with Gasteiger partial charge in [0.15, 0.2) is 0 Å². The number of aliphatic hydroxyl groups is 1. The van der Waals surface area contributed by atoms with Crippen molar-refractivity contribution in [2.24, 2.45) is 5.92 Å². The molecule has 23 heavy (non-hydrogen) atoms. The lowest BCUT2D eigenvalue weighted by molar-refractivity contribution is -0.149. The van der Waals surface area contributed by atoms with Crippen molar-refractivity contribution < 1.29 is 14.6 Å². The lowest BCUT2D eigenvalue weighted by Gasteiger charge is -2.21. The van der Waals surface area contributed by atoms with Gasteiger partial charge < -0.3 is 9.84 Å². The average Bonchev–Trinajstić information content (AvgIpc) is 2.52. The van der Waals surface area contributed by atoms with Crippen molar-refractivity contribution in [3.05, 3.63) is 34.9 Å². The molecule has 1 rings (SSSR count). The Morgan fingerprint density at radius 2 is 2.09 bits per heavy atom. The van der Waals surface area contributed by atoms with Crippen molar-refractivity contribution in [1.29, 1.82) is 0 Å². The first kappa shape index (κ1) is 19.7. The van der Waals surface area contributed by atoms with Gasteiger partial charge >= 0.3 is 5.97 Å². The third-order valence-corrected chi connectivity index (χ3v) is 4.18. The van der Waals surface area contributed by atoms with Gasteiger partial charge in [0.2, 0.25) is 0 Å². The summed E-state index contributed by atoms with van der Waals surface area (Å²) in [4.78, 5) is 11.9. The van der Waals surface area contributed by atoms with Crippen molar-refractivity contribution in [3.8, 4) is 0 Å². The van der Waals surface area contributed by atoms with Gasteiger partial charge in [-0.1, -0.05) is 34.9 Å². The second-order valence-electron chi connectivity index (χ2n) is 6.64. The van der Waals surface area contributed by atoms with Gasteiger partial charge in [-0.25, -0.2) is 0 Å². The number of carbonyl (C=O) groups excluding carboxylic acids is 1. The zero-order valence-corrected chi connectivity index (χ0v) is 14.9. The minimum atomic E-state index is -0.155. The molecule has 1 aliphatic carbocycles. The molecule has 0 spiro atoms. The molecular weight excluding hydrogens is 288 g/mol. The molecule has 0 fully saturated rings. The van der Waals surface area contributed by atoms with Crippen LogP contribution >= 0.6 is 0 Å². The van der Waals surface area contributed by atoms with Crippen LogP contribution in [-0.4, -0.2) is 24.3 Å². The Labute approximate surface area is 141 Å². The van der Waals surface area contributed by atoms with Crippen LogP contribution in [0.15, 0.2) is 34.9 Å². The summed E-state index contributed by atoms with van der Waals surface area (Å²) in [5.74, 6) is -0.178. The zero-order chi connectivity index (χ0) is 17.1. The van der Waals surface area contributed by atoms with Crippen molar-refractivity contribution in [3.63, 3.8) is 0 Å². The summed E-state index contributed by atoms with van der Waals surface area (Å²) in [5.41, 5.74) is 4.19. The van der Waals surface area contributed by atoms with E-state index in [1.807, 2.05) is 0 Å². The second-order valence-corrected chi connectivity index (χ2v) is 6.64. The van der Waals surface area contributed by atoms with E-state index in [9.17, 15) is 4.79 Å². The lowest BCUT2D eigenvalue weighted by Crippen LogP contribution is -2.21. The standard InChI is InChI=1S/C20H32O3/c1-16(2)7-4-8-17(3)9-5-10-18-11-6-12-19(15-18)20(22)23-14-13-21/h7,9,11,19,21H,4-6,8,10,12-15H2,1-3H3/b17-9+. The Morgan fingerprint density at radius 1 is 1.30 bits per heavy atom. The molecule has 130 valence electrons. The molecule has 0 bridgehead atoms. The number of hydrogen-bond acceptors (Lipinski definition) is 3. The molecule has 0 amide bonds. The molecular formula is C20H32O3. The van der Waals surface area contributed by atoms with Crippen molar-refractivity contribution in [2.45, 2.75) is 65.7 Å². The number of esters is 1. The maximum Gasteiger partial charge on any atom is 0.309 e. The highest BCUT2D eigenvalue weighted by atomic mass is 16.5. The lowest BCUT2D eigenvalue weighted by atomic mass is 9.87. The highest BCUT2D eigenvalue weighted by molar-refractivity contribution is 5.73. The molecule has 3 heteroatoms. The van der Waals surface area contributed by atoms with Crippen LogP contribution in [-0.2, 0) is 9.53 Å². The van der Waals surface area contributed by atoms with E-state index in [-0.39, 0.29) is 25.1 Å². The van der Waals surface area contributed by atoms with Crippen LogP contribution in [0.1, 0.15) is 65.7 Å². The Kier molecular flexibility index (Phi) is 9.61. The molecule has 0 saturated heterocycles. The fraction of sp³-hybridized carbons (Fsp3) is 0.650. The van der Waals surface area contributed by atoms with Crippen LogP contribution < -0.4 is 0 Å². The average molecular weight is 320 g/mol. The SMILES string of the molecule is CC(C)=CCC/C(C)=C/CCC1=CCCC(C(=O)OCCO)C1. The molecule has 0 saturated carbocycles. The van der Waals surface area contributed by atoms with E-state index in [0.29, 0.717) is 0 Å². The van der Waals surface area contributed by atoms with Crippen LogP contribution in [0.25, 0.3) is 0 Å². The molecule has 1 atom stereocenters. The summed E-state index contributed by atoms with van der Waals surface area (Å²) in [7, 11) is 0. The van der Waals surface area contributed by atoms with Crippen LogP contribution in [0, 0.1) is 5.92 Å². The van der Waals surface area contributed by atoms with E-state index in [1.165, 1.54) is 16.7 Å². The van der Waals surface area contributed by atoms with E-state index < -0.39 is 0 Å². The van der Waals surface area contributed by atoms with E-state index in [4.69, 9.17) is 9.84 Å². The molecule has 0 radical (unpaired) electrons. The predicted octanol–water partition coefficient (Wildman–Crippen LogP) is 4.72. The zero-order valence-electron chi connectivity index (χ0n) is 14.9. The summed E-state index contributed by atoms with van der Waals surface area (Å²) < 4.78 is 5.05. The Bertz CT molecular complexity index is 454. The molecule has 1 N–H and O–H groups in total. The van der Waals surface area contributed by atoms with Crippen LogP contribution in [0.5, 0.6) is 0 Å². The predicted molar refractivity (Wildman–Crippen MR) is 95.1 cm³/mol. The molecule has 1 unspecified atom stereocenters. The summed E-state index contributed by atoms with van der Waals surface area (Å²) in [5, 5.41) is 8.73. The van der Waals surface area contributed by atoms with Crippen molar-refractivity contribution in [2.75, 3.05) is 13.2 Å². The maximum atomic E-state index is 11.9. The summed E-state index contributed by atoms with van der Waals surface area (Å²) >= 11 is 0. The number of rotatable bonds is 9. The molecule has 0 heterocycles. The Morgan fingerprint density at radius 3 is 2.78 bits per heavy atom. The number of hydrogen-bond donors (Lipinski definition) is 1. The number of allylic oxidation sites excluding steroid dienone is 6. The topological polar surface area (TPSA) is 46.5 Å². The van der Waals surface area contributed by atoms with Gasteiger partial charge in [0.25, 0.3) is 0 Å². The third kappa shape index (κ3) is 8.75. The third-order valence-electron chi connectivity index (χ3n) is 4.18. The first-order chi connectivity index (χ1) is 11.0. The fourth-order valence-corrected chi connectivity index (χ4v) is 2.85. The van der Waals surface area contributed by atoms with Crippen molar-refractivity contribution in [1.82, 2.24) is 0 Å². The maximum absolute atomic E-state index is 11.9. The van der Waals surface area contributed by atoms with Crippen molar-refractivity contribution >= 4 is 5.97 Å². The van der Waals surface area contributed by atoms with Crippen LogP contribution in [0.2, 0.25) is 0 Å². The minimum Gasteiger partial charge on any atom is -0.463 e. The molecule has 0 aromatic carbocycles. The van der Waals surface area contributed by atoms with Gasteiger partial charge in [-0.15, -0.1) is 0 Å².